The molecule has 2 aromatic rings. The highest BCUT2D eigenvalue weighted by Gasteiger charge is 2.41. The number of nitrogens with zero attached hydrogens (tertiary/aromatic N) is 2. The summed E-state index contributed by atoms with van der Waals surface area (Å²) < 4.78 is 1.67. The number of amides is 1. The number of nitrogens with two attached hydrogens (primary N) is 1. The molecule has 2 rings (SSSR count). The van der Waals surface area contributed by atoms with Crippen molar-refractivity contribution >= 4 is 19.5 Å². The number of rotatable bonds is 4. The van der Waals surface area contributed by atoms with E-state index in [1.165, 1.54) is 0 Å². The van der Waals surface area contributed by atoms with Crippen LogP contribution in [0.1, 0.15) is 57.5 Å². The monoisotopic (exact) mass is 341 g/mol. The van der Waals surface area contributed by atoms with Crippen molar-refractivity contribution in [1.82, 2.24) is 9.61 Å². The normalized spacial score (nSPS) is 12.0. The number of pyridine rings is 1. The van der Waals surface area contributed by atoms with Crippen molar-refractivity contribution in [3.63, 3.8) is 0 Å². The second-order valence-electron chi connectivity index (χ2n) is 7.31. The van der Waals surface area contributed by atoms with Gasteiger partial charge in [-0.25, -0.2) is 4.52 Å². The highest BCUT2D eigenvalue weighted by Crippen LogP contribution is 2.40. The van der Waals surface area contributed by atoms with Crippen LogP contribution >= 0.6 is 0 Å². The average Bonchev–Trinajstić information content (AvgIpc) is 2.94. The molecule has 5 heteroatoms. The van der Waals surface area contributed by atoms with Gasteiger partial charge in [0.1, 0.15) is 8.07 Å². The summed E-state index contributed by atoms with van der Waals surface area (Å²) in [5, 5.41) is 4.22. The van der Waals surface area contributed by atoms with E-state index < -0.39 is 14.0 Å². The summed E-state index contributed by atoms with van der Waals surface area (Å²) in [6, 6.07) is 3.70. The van der Waals surface area contributed by atoms with E-state index in [4.69, 9.17) is 5.73 Å². The lowest BCUT2D eigenvalue weighted by Gasteiger charge is -2.38. The van der Waals surface area contributed by atoms with Crippen LogP contribution in [0.2, 0.25) is 16.6 Å². The zero-order valence-corrected chi connectivity index (χ0v) is 16.4. The Kier molecular flexibility index (Phi) is 5.19. The van der Waals surface area contributed by atoms with Crippen LogP contribution in [0.5, 0.6) is 0 Å². The van der Waals surface area contributed by atoms with Crippen molar-refractivity contribution in [1.29, 1.82) is 0 Å². The Morgan fingerprint density at radius 1 is 1.17 bits per heavy atom. The van der Waals surface area contributed by atoms with E-state index in [1.807, 2.05) is 6.07 Å². The highest BCUT2D eigenvalue weighted by atomic mass is 28.3. The van der Waals surface area contributed by atoms with Crippen LogP contribution in [-0.2, 0) is 0 Å². The molecule has 0 atom stereocenters. The van der Waals surface area contributed by atoms with Crippen LogP contribution in [-0.4, -0.2) is 23.6 Å². The molecule has 2 aromatic heterocycles. The molecule has 0 saturated heterocycles. The third kappa shape index (κ3) is 3.11. The number of hydrogen-bond donors (Lipinski definition) is 1. The van der Waals surface area contributed by atoms with E-state index in [9.17, 15) is 4.79 Å². The van der Waals surface area contributed by atoms with E-state index in [1.54, 1.807) is 23.0 Å². The zero-order chi connectivity index (χ0) is 18.1. The van der Waals surface area contributed by atoms with Gasteiger partial charge in [0.05, 0.1) is 22.8 Å². The zero-order valence-electron chi connectivity index (χ0n) is 15.4. The molecule has 0 bridgehead atoms. The molecule has 0 aliphatic heterocycles. The molecule has 4 nitrogen and oxygen atoms in total. The van der Waals surface area contributed by atoms with E-state index in [2.05, 4.69) is 58.1 Å². The Morgan fingerprint density at radius 2 is 1.75 bits per heavy atom. The minimum atomic E-state index is -1.83. The van der Waals surface area contributed by atoms with Crippen molar-refractivity contribution in [3.05, 3.63) is 35.7 Å². The standard InChI is InChI=1S/C19H27N3OSi/c1-13(2)24(14(3)4,15(5)6)10-8-16-11-17(19(20)23)12-22-18(16)7-9-21-22/h7,9,11-15H,1-6H3,(H2,20,23). The Bertz CT molecular complexity index is 787. The molecule has 2 heterocycles. The summed E-state index contributed by atoms with van der Waals surface area (Å²) in [6.45, 7) is 13.7. The van der Waals surface area contributed by atoms with Gasteiger partial charge in [0.15, 0.2) is 0 Å². The quantitative estimate of drug-likeness (QED) is 0.675. The Labute approximate surface area is 145 Å². The third-order valence-electron chi connectivity index (χ3n) is 5.07. The Morgan fingerprint density at radius 3 is 2.25 bits per heavy atom. The maximum atomic E-state index is 11.6. The van der Waals surface area contributed by atoms with Crippen LogP contribution in [0.15, 0.2) is 24.5 Å². The molecular weight excluding hydrogens is 314 g/mol. The first kappa shape index (κ1) is 18.3. The van der Waals surface area contributed by atoms with Gasteiger partial charge in [-0.2, -0.15) is 5.10 Å². The molecular formula is C19H27N3OSi. The third-order valence-corrected chi connectivity index (χ3v) is 11.4. The van der Waals surface area contributed by atoms with E-state index in [0.717, 1.165) is 11.1 Å². The molecule has 0 fully saturated rings. The second-order valence-corrected chi connectivity index (χ2v) is 12.9. The summed E-state index contributed by atoms with van der Waals surface area (Å²) in [5.74, 6) is 2.93. The van der Waals surface area contributed by atoms with Crippen molar-refractivity contribution in [2.45, 2.75) is 58.2 Å². The van der Waals surface area contributed by atoms with Crippen LogP contribution in [0.25, 0.3) is 5.52 Å². The van der Waals surface area contributed by atoms with Gasteiger partial charge in [-0.1, -0.05) is 47.5 Å². The lowest BCUT2D eigenvalue weighted by Crippen LogP contribution is -2.43. The molecule has 0 radical (unpaired) electrons. The maximum Gasteiger partial charge on any atom is 0.250 e. The van der Waals surface area contributed by atoms with Gasteiger partial charge in [-0.05, 0) is 28.8 Å². The fourth-order valence-electron chi connectivity index (χ4n) is 3.87. The molecule has 24 heavy (non-hydrogen) atoms. The second kappa shape index (κ2) is 6.82. The van der Waals surface area contributed by atoms with Crippen molar-refractivity contribution < 1.29 is 4.79 Å². The molecule has 0 spiro atoms. The number of hydrogen-bond acceptors (Lipinski definition) is 2. The maximum absolute atomic E-state index is 11.6. The summed E-state index contributed by atoms with van der Waals surface area (Å²) in [7, 11) is -1.83. The SMILES string of the molecule is CC(C)[Si](C#Cc1cc(C(N)=O)cn2nccc12)(C(C)C)C(C)C. The summed E-state index contributed by atoms with van der Waals surface area (Å²) >= 11 is 0. The number of carbonyl (C=O) groups excluding carboxylic acids is 1. The molecule has 0 aliphatic carbocycles. The van der Waals surface area contributed by atoms with Crippen LogP contribution < -0.4 is 5.73 Å². The topological polar surface area (TPSA) is 60.4 Å². The summed E-state index contributed by atoms with van der Waals surface area (Å²) in [6.07, 6.45) is 3.37. The van der Waals surface area contributed by atoms with E-state index in [-0.39, 0.29) is 0 Å². The predicted octanol–water partition coefficient (Wildman–Crippen LogP) is 4.00. The summed E-state index contributed by atoms with van der Waals surface area (Å²) in [4.78, 5) is 11.6. The molecule has 0 aromatic carbocycles. The van der Waals surface area contributed by atoms with E-state index >= 15 is 0 Å². The molecule has 2 N–H and O–H groups in total. The molecule has 0 aliphatic rings. The number of primary amides is 1. The Hall–Kier alpha value is -2.06. The van der Waals surface area contributed by atoms with Gasteiger partial charge >= 0.3 is 0 Å². The minimum Gasteiger partial charge on any atom is -0.366 e. The predicted molar refractivity (Wildman–Crippen MR) is 102 cm³/mol. The van der Waals surface area contributed by atoms with Crippen molar-refractivity contribution in [2.75, 3.05) is 0 Å². The lowest BCUT2D eigenvalue weighted by atomic mass is 10.1. The first-order valence-electron chi connectivity index (χ1n) is 8.50. The number of aromatic nitrogens is 2. The lowest BCUT2D eigenvalue weighted by molar-refractivity contribution is 0.0999. The van der Waals surface area contributed by atoms with Gasteiger partial charge in [0.2, 0.25) is 5.91 Å². The van der Waals surface area contributed by atoms with Gasteiger partial charge in [-0.3, -0.25) is 4.79 Å². The van der Waals surface area contributed by atoms with Gasteiger partial charge in [0.25, 0.3) is 0 Å². The van der Waals surface area contributed by atoms with E-state index in [0.29, 0.717) is 22.2 Å². The van der Waals surface area contributed by atoms with Crippen LogP contribution in [0.4, 0.5) is 0 Å². The first-order chi connectivity index (χ1) is 11.2. The molecule has 0 saturated carbocycles. The highest BCUT2D eigenvalue weighted by molar-refractivity contribution is 6.90. The Balaban J connectivity index is 2.66. The van der Waals surface area contributed by atoms with Gasteiger partial charge in [-0.15, -0.1) is 5.54 Å². The van der Waals surface area contributed by atoms with Crippen molar-refractivity contribution in [2.24, 2.45) is 5.73 Å². The fraction of sp³-hybridized carbons (Fsp3) is 0.474. The largest absolute Gasteiger partial charge is 0.366 e. The van der Waals surface area contributed by atoms with Crippen LogP contribution in [0.3, 0.4) is 0 Å². The molecule has 1 amide bonds. The number of fused-ring (bicyclic) bond motifs is 1. The van der Waals surface area contributed by atoms with Crippen molar-refractivity contribution in [3.8, 4) is 11.5 Å². The average molecular weight is 342 g/mol. The first-order valence-corrected chi connectivity index (χ1v) is 10.7. The molecule has 0 unspecified atom stereocenters. The van der Waals surface area contributed by atoms with Crippen LogP contribution in [0, 0.1) is 11.5 Å². The molecule has 128 valence electrons. The fourth-order valence-corrected chi connectivity index (χ4v) is 9.09. The summed E-state index contributed by atoms with van der Waals surface area (Å²) in [5.41, 5.74) is 13.0. The van der Waals surface area contributed by atoms with Gasteiger partial charge < -0.3 is 5.73 Å². The smallest absolute Gasteiger partial charge is 0.250 e. The van der Waals surface area contributed by atoms with Gasteiger partial charge in [0, 0.05) is 6.20 Å². The number of carbonyl (C=O) groups is 1. The minimum absolute atomic E-state index is 0.432.